The number of benzene rings is 2. The number of hydrogen-bond acceptors (Lipinski definition) is 4. The molecule has 7 nitrogen and oxygen atoms in total. The van der Waals surface area contributed by atoms with E-state index in [-0.39, 0.29) is 23.8 Å². The predicted octanol–water partition coefficient (Wildman–Crippen LogP) is 5.49. The standard InChI is InChI=1S/C32H45N3O4/c1-32(2,3)23-29(36)33-19-11-10-16-28(34-31(38)39-24-27-14-8-5-9-15-27)30(37)35-20-17-26(18-21-35)22-25-12-6-4-7-13-25/h4-9,12-15,26,28H,10-11,16-24H2,1-3H3,(H,33,36)(H,34,38)/t28-/m0/s1. The number of carbonyl (C=O) groups is 3. The van der Waals surface area contributed by atoms with Gasteiger partial charge in [0.25, 0.3) is 0 Å². The van der Waals surface area contributed by atoms with E-state index in [0.717, 1.165) is 31.2 Å². The maximum absolute atomic E-state index is 13.5. The van der Waals surface area contributed by atoms with Gasteiger partial charge in [-0.3, -0.25) is 9.59 Å². The lowest BCUT2D eigenvalue weighted by Crippen LogP contribution is -2.51. The van der Waals surface area contributed by atoms with Crippen molar-refractivity contribution in [3.05, 3.63) is 71.8 Å². The minimum absolute atomic E-state index is 0.0381. The van der Waals surface area contributed by atoms with Crippen molar-refractivity contribution in [1.82, 2.24) is 15.5 Å². The summed E-state index contributed by atoms with van der Waals surface area (Å²) in [4.78, 5) is 40.1. The van der Waals surface area contributed by atoms with E-state index in [1.807, 2.05) is 62.1 Å². The van der Waals surface area contributed by atoms with Crippen LogP contribution in [0.3, 0.4) is 0 Å². The average Bonchev–Trinajstić information content (AvgIpc) is 2.91. The highest BCUT2D eigenvalue weighted by Crippen LogP contribution is 2.23. The Morgan fingerprint density at radius 3 is 2.15 bits per heavy atom. The van der Waals surface area contributed by atoms with Crippen molar-refractivity contribution in [2.24, 2.45) is 11.3 Å². The van der Waals surface area contributed by atoms with Crippen LogP contribution in [0.2, 0.25) is 0 Å². The maximum Gasteiger partial charge on any atom is 0.408 e. The number of amides is 3. The number of hydrogen-bond donors (Lipinski definition) is 2. The molecule has 0 aliphatic carbocycles. The van der Waals surface area contributed by atoms with Crippen LogP contribution in [0.15, 0.2) is 60.7 Å². The summed E-state index contributed by atoms with van der Waals surface area (Å²) >= 11 is 0. The second-order valence-electron chi connectivity index (χ2n) is 11.8. The van der Waals surface area contributed by atoms with E-state index in [1.165, 1.54) is 5.56 Å². The molecule has 212 valence electrons. The molecule has 0 radical (unpaired) electrons. The molecule has 0 bridgehead atoms. The number of rotatable bonds is 12. The van der Waals surface area contributed by atoms with Gasteiger partial charge in [0.1, 0.15) is 12.6 Å². The Labute approximate surface area is 233 Å². The molecule has 2 aromatic rings. The summed E-state index contributed by atoms with van der Waals surface area (Å²) in [6, 6.07) is 19.3. The maximum atomic E-state index is 13.5. The van der Waals surface area contributed by atoms with Crippen LogP contribution in [0.1, 0.15) is 70.4 Å². The van der Waals surface area contributed by atoms with Crippen molar-refractivity contribution in [3.8, 4) is 0 Å². The van der Waals surface area contributed by atoms with E-state index in [9.17, 15) is 14.4 Å². The fraction of sp³-hybridized carbons (Fsp3) is 0.531. The van der Waals surface area contributed by atoms with Gasteiger partial charge in [0.05, 0.1) is 0 Å². The zero-order valence-electron chi connectivity index (χ0n) is 23.8. The highest BCUT2D eigenvalue weighted by atomic mass is 16.5. The Bertz CT molecular complexity index is 1030. The van der Waals surface area contributed by atoms with Crippen LogP contribution in [0.5, 0.6) is 0 Å². The average molecular weight is 536 g/mol. The van der Waals surface area contributed by atoms with E-state index >= 15 is 0 Å². The molecule has 1 heterocycles. The van der Waals surface area contributed by atoms with Crippen LogP contribution >= 0.6 is 0 Å². The molecule has 1 aliphatic heterocycles. The highest BCUT2D eigenvalue weighted by molar-refractivity contribution is 5.85. The Hall–Kier alpha value is -3.35. The minimum Gasteiger partial charge on any atom is -0.445 e. The summed E-state index contributed by atoms with van der Waals surface area (Å²) in [6.45, 7) is 8.20. The molecule has 3 rings (SSSR count). The number of nitrogens with one attached hydrogen (secondary N) is 2. The molecule has 39 heavy (non-hydrogen) atoms. The molecule has 0 unspecified atom stereocenters. The summed E-state index contributed by atoms with van der Waals surface area (Å²) in [5.74, 6) is 0.535. The summed E-state index contributed by atoms with van der Waals surface area (Å²) in [6.07, 6.45) is 4.75. The van der Waals surface area contributed by atoms with E-state index in [0.29, 0.717) is 44.8 Å². The van der Waals surface area contributed by atoms with Crippen molar-refractivity contribution in [3.63, 3.8) is 0 Å². The zero-order valence-corrected chi connectivity index (χ0v) is 23.8. The first-order valence-corrected chi connectivity index (χ1v) is 14.3. The van der Waals surface area contributed by atoms with Crippen molar-refractivity contribution in [1.29, 1.82) is 0 Å². The van der Waals surface area contributed by atoms with E-state index in [1.54, 1.807) is 0 Å². The topological polar surface area (TPSA) is 87.7 Å². The number of unbranched alkanes of at least 4 members (excludes halogenated alkanes) is 1. The first kappa shape index (κ1) is 30.2. The summed E-state index contributed by atoms with van der Waals surface area (Å²) in [5.41, 5.74) is 2.17. The van der Waals surface area contributed by atoms with Crippen LogP contribution < -0.4 is 10.6 Å². The van der Waals surface area contributed by atoms with E-state index < -0.39 is 12.1 Å². The largest absolute Gasteiger partial charge is 0.445 e. The number of nitrogens with zero attached hydrogens (tertiary/aromatic N) is 1. The lowest BCUT2D eigenvalue weighted by Gasteiger charge is -2.34. The van der Waals surface area contributed by atoms with Crippen LogP contribution in [0, 0.1) is 11.3 Å². The number of alkyl carbamates (subject to hydrolysis) is 1. The molecule has 1 atom stereocenters. The summed E-state index contributed by atoms with van der Waals surface area (Å²) < 4.78 is 5.41. The Balaban J connectivity index is 1.50. The third kappa shape index (κ3) is 11.5. The second-order valence-corrected chi connectivity index (χ2v) is 11.8. The van der Waals surface area contributed by atoms with Gasteiger partial charge in [-0.2, -0.15) is 0 Å². The molecule has 0 aromatic heterocycles. The summed E-state index contributed by atoms with van der Waals surface area (Å²) in [5, 5.41) is 5.79. The van der Waals surface area contributed by atoms with Gasteiger partial charge in [0.2, 0.25) is 11.8 Å². The monoisotopic (exact) mass is 535 g/mol. The highest BCUT2D eigenvalue weighted by Gasteiger charge is 2.29. The Morgan fingerprint density at radius 2 is 1.54 bits per heavy atom. The van der Waals surface area contributed by atoms with E-state index in [2.05, 4.69) is 34.9 Å². The number of likely N-dealkylation sites (tertiary alicyclic amines) is 1. The second kappa shape index (κ2) is 15.3. The van der Waals surface area contributed by atoms with Crippen molar-refractivity contribution in [2.75, 3.05) is 19.6 Å². The van der Waals surface area contributed by atoms with Crippen LogP contribution in [-0.4, -0.2) is 48.5 Å². The summed E-state index contributed by atoms with van der Waals surface area (Å²) in [7, 11) is 0. The smallest absolute Gasteiger partial charge is 0.408 e. The van der Waals surface area contributed by atoms with Gasteiger partial charge in [-0.1, -0.05) is 81.4 Å². The van der Waals surface area contributed by atoms with Gasteiger partial charge in [0.15, 0.2) is 0 Å². The zero-order chi connectivity index (χ0) is 28.1. The van der Waals surface area contributed by atoms with Crippen LogP contribution in [0.4, 0.5) is 4.79 Å². The van der Waals surface area contributed by atoms with Crippen molar-refractivity contribution >= 4 is 17.9 Å². The molecule has 1 fully saturated rings. The van der Waals surface area contributed by atoms with Gasteiger partial charge >= 0.3 is 6.09 Å². The first-order chi connectivity index (χ1) is 18.7. The molecule has 1 saturated heterocycles. The molecule has 0 saturated carbocycles. The molecule has 7 heteroatoms. The lowest BCUT2D eigenvalue weighted by molar-refractivity contribution is -0.135. The lowest BCUT2D eigenvalue weighted by atomic mass is 9.90. The molecule has 2 N–H and O–H groups in total. The van der Waals surface area contributed by atoms with Gasteiger partial charge in [-0.05, 0) is 61.0 Å². The van der Waals surface area contributed by atoms with Crippen LogP contribution in [-0.2, 0) is 27.4 Å². The number of piperidine rings is 1. The third-order valence-corrected chi connectivity index (χ3v) is 7.03. The normalized spacial score (nSPS) is 14.9. The molecular weight excluding hydrogens is 490 g/mol. The van der Waals surface area contributed by atoms with Crippen molar-refractivity contribution < 1.29 is 19.1 Å². The fourth-order valence-corrected chi connectivity index (χ4v) is 4.94. The molecule has 1 aliphatic rings. The van der Waals surface area contributed by atoms with Gasteiger partial charge in [0, 0.05) is 26.1 Å². The van der Waals surface area contributed by atoms with Crippen molar-refractivity contribution in [2.45, 2.75) is 78.4 Å². The third-order valence-electron chi connectivity index (χ3n) is 7.03. The quantitative estimate of drug-likeness (QED) is 0.352. The predicted molar refractivity (Wildman–Crippen MR) is 154 cm³/mol. The molecular formula is C32H45N3O4. The molecule has 3 amide bonds. The Morgan fingerprint density at radius 1 is 0.923 bits per heavy atom. The minimum atomic E-state index is -0.649. The first-order valence-electron chi connectivity index (χ1n) is 14.3. The van der Waals surface area contributed by atoms with E-state index in [4.69, 9.17) is 4.74 Å². The van der Waals surface area contributed by atoms with Gasteiger partial charge in [-0.25, -0.2) is 4.79 Å². The number of carbonyl (C=O) groups excluding carboxylic acids is 3. The van der Waals surface area contributed by atoms with Gasteiger partial charge < -0.3 is 20.3 Å². The SMILES string of the molecule is CC(C)(C)CC(=O)NCCCC[C@H](NC(=O)OCc1ccccc1)C(=O)N1CCC(Cc2ccccc2)CC1. The Kier molecular flexibility index (Phi) is 11.8. The molecule has 0 spiro atoms. The molecule has 2 aromatic carbocycles. The van der Waals surface area contributed by atoms with Crippen LogP contribution in [0.25, 0.3) is 0 Å². The van der Waals surface area contributed by atoms with Gasteiger partial charge in [-0.15, -0.1) is 0 Å². The fourth-order valence-electron chi connectivity index (χ4n) is 4.94. The number of ether oxygens (including phenoxy) is 1.